The number of nitrogens with two attached hydrogens (primary N) is 1. The third-order valence-corrected chi connectivity index (χ3v) is 6.29. The maximum atomic E-state index is 13.3. The number of hydrogen-bond acceptors (Lipinski definition) is 6. The minimum absolute atomic E-state index is 0.0986. The molecule has 3 heterocycles. The van der Waals surface area contributed by atoms with Crippen molar-refractivity contribution in [3.05, 3.63) is 10.6 Å². The Morgan fingerprint density at radius 2 is 1.92 bits per heavy atom. The van der Waals surface area contributed by atoms with Gasteiger partial charge in [-0.15, -0.1) is 0 Å². The number of amides is 1. The Labute approximate surface area is 156 Å². The molecule has 2 saturated heterocycles. The SMILES string of the molecule is Cc1nc(N)sc1C(=O)N1CCCC(O)(CN2CCC(F)(F)CC2)CC1. The number of carbonyl (C=O) groups excluding carboxylic acids is 1. The molecule has 1 atom stereocenters. The standard InChI is InChI=1S/C17H26F2N4O2S/c1-12-13(26-15(20)21-12)14(24)23-7-2-3-16(25,4-10-23)11-22-8-5-17(18,19)6-9-22/h25H,2-11H2,1H3,(H2,20,21). The number of β-amino-alcohol motifs (C(OH)–C–C–N with tert-alkyl or cyclic N) is 1. The zero-order chi connectivity index (χ0) is 18.9. The van der Waals surface area contributed by atoms with Gasteiger partial charge in [-0.25, -0.2) is 13.8 Å². The van der Waals surface area contributed by atoms with E-state index in [0.717, 1.165) is 0 Å². The Morgan fingerprint density at radius 3 is 2.54 bits per heavy atom. The van der Waals surface area contributed by atoms with E-state index in [4.69, 9.17) is 5.73 Å². The van der Waals surface area contributed by atoms with Crippen molar-refractivity contribution >= 4 is 22.4 Å². The van der Waals surface area contributed by atoms with Crippen LogP contribution in [0.3, 0.4) is 0 Å². The minimum Gasteiger partial charge on any atom is -0.388 e. The lowest BCUT2D eigenvalue weighted by molar-refractivity contribution is -0.0768. The Bertz CT molecular complexity index is 659. The molecule has 2 aliphatic heterocycles. The number of aromatic nitrogens is 1. The summed E-state index contributed by atoms with van der Waals surface area (Å²) >= 11 is 1.18. The molecule has 2 fully saturated rings. The molecule has 3 rings (SSSR count). The smallest absolute Gasteiger partial charge is 0.265 e. The summed E-state index contributed by atoms with van der Waals surface area (Å²) in [6, 6.07) is 0. The fraction of sp³-hybridized carbons (Fsp3) is 0.765. The second-order valence-corrected chi connectivity index (χ2v) is 8.50. The second-order valence-electron chi connectivity index (χ2n) is 7.47. The largest absolute Gasteiger partial charge is 0.388 e. The summed E-state index contributed by atoms with van der Waals surface area (Å²) in [5.74, 6) is -2.68. The van der Waals surface area contributed by atoms with Crippen LogP contribution in [0.5, 0.6) is 0 Å². The highest BCUT2D eigenvalue weighted by Gasteiger charge is 2.38. The van der Waals surface area contributed by atoms with E-state index in [0.29, 0.717) is 67.7 Å². The molecule has 1 unspecified atom stereocenters. The van der Waals surface area contributed by atoms with E-state index in [1.54, 1.807) is 11.8 Å². The Morgan fingerprint density at radius 1 is 1.23 bits per heavy atom. The number of aryl methyl sites for hydroxylation is 1. The monoisotopic (exact) mass is 388 g/mol. The van der Waals surface area contributed by atoms with Crippen LogP contribution in [-0.4, -0.2) is 70.0 Å². The Balaban J connectivity index is 1.59. The van der Waals surface area contributed by atoms with E-state index < -0.39 is 11.5 Å². The maximum absolute atomic E-state index is 13.3. The lowest BCUT2D eigenvalue weighted by atomic mass is 9.93. The van der Waals surface area contributed by atoms with Crippen molar-refractivity contribution in [3.63, 3.8) is 0 Å². The predicted molar refractivity (Wildman–Crippen MR) is 96.6 cm³/mol. The summed E-state index contributed by atoms with van der Waals surface area (Å²) in [6.07, 6.45) is 1.38. The van der Waals surface area contributed by atoms with Gasteiger partial charge in [0.05, 0.1) is 11.3 Å². The van der Waals surface area contributed by atoms with Gasteiger partial charge in [0, 0.05) is 45.6 Å². The summed E-state index contributed by atoms with van der Waals surface area (Å²) in [5.41, 5.74) is 5.37. The molecule has 26 heavy (non-hydrogen) atoms. The molecule has 2 aliphatic rings. The summed E-state index contributed by atoms with van der Waals surface area (Å²) < 4.78 is 26.6. The number of hydrogen-bond donors (Lipinski definition) is 2. The first-order chi connectivity index (χ1) is 12.2. The molecule has 3 N–H and O–H groups in total. The zero-order valence-electron chi connectivity index (χ0n) is 15.0. The number of carbonyl (C=O) groups is 1. The fourth-order valence-electron chi connectivity index (χ4n) is 3.75. The van der Waals surface area contributed by atoms with Crippen LogP contribution in [0.4, 0.5) is 13.9 Å². The van der Waals surface area contributed by atoms with E-state index in [-0.39, 0.29) is 18.7 Å². The number of alkyl halides is 2. The van der Waals surface area contributed by atoms with E-state index in [9.17, 15) is 18.7 Å². The normalized spacial score (nSPS) is 27.3. The van der Waals surface area contributed by atoms with Gasteiger partial charge in [-0.05, 0) is 26.2 Å². The summed E-state index contributed by atoms with van der Waals surface area (Å²) in [4.78, 5) is 21.0. The van der Waals surface area contributed by atoms with Crippen molar-refractivity contribution < 1.29 is 18.7 Å². The molecule has 0 spiro atoms. The number of rotatable bonds is 3. The van der Waals surface area contributed by atoms with Crippen LogP contribution in [0, 0.1) is 6.92 Å². The third-order valence-electron chi connectivity index (χ3n) is 5.32. The molecule has 9 heteroatoms. The van der Waals surface area contributed by atoms with Gasteiger partial charge >= 0.3 is 0 Å². The summed E-state index contributed by atoms with van der Waals surface area (Å²) in [7, 11) is 0. The van der Waals surface area contributed by atoms with Crippen molar-refractivity contribution in [1.29, 1.82) is 0 Å². The van der Waals surface area contributed by atoms with Gasteiger partial charge in [-0.2, -0.15) is 0 Å². The Hall–Kier alpha value is -1.32. The second kappa shape index (κ2) is 7.36. The molecule has 0 saturated carbocycles. The number of aliphatic hydroxyl groups is 1. The van der Waals surface area contributed by atoms with Crippen molar-refractivity contribution in [2.75, 3.05) is 38.5 Å². The molecular formula is C17H26F2N4O2S. The first-order valence-electron chi connectivity index (χ1n) is 9.02. The van der Waals surface area contributed by atoms with E-state index in [1.807, 2.05) is 4.90 Å². The summed E-state index contributed by atoms with van der Waals surface area (Å²) in [6.45, 7) is 3.76. The highest BCUT2D eigenvalue weighted by Crippen LogP contribution is 2.31. The Kier molecular flexibility index (Phi) is 5.50. The van der Waals surface area contributed by atoms with E-state index >= 15 is 0 Å². The molecule has 6 nitrogen and oxygen atoms in total. The van der Waals surface area contributed by atoms with Crippen molar-refractivity contribution in [3.8, 4) is 0 Å². The molecule has 1 aromatic heterocycles. The van der Waals surface area contributed by atoms with E-state index in [2.05, 4.69) is 4.98 Å². The topological polar surface area (TPSA) is 82.7 Å². The first kappa shape index (κ1) is 19.4. The highest BCUT2D eigenvalue weighted by molar-refractivity contribution is 7.17. The van der Waals surface area contributed by atoms with Crippen LogP contribution in [0.1, 0.15) is 47.5 Å². The number of likely N-dealkylation sites (tertiary alicyclic amines) is 2. The molecule has 1 aromatic rings. The van der Waals surface area contributed by atoms with Crippen LogP contribution < -0.4 is 5.73 Å². The molecule has 0 radical (unpaired) electrons. The quantitative estimate of drug-likeness (QED) is 0.829. The van der Waals surface area contributed by atoms with Crippen molar-refractivity contribution in [2.45, 2.75) is 50.6 Å². The van der Waals surface area contributed by atoms with Gasteiger partial charge in [0.15, 0.2) is 5.13 Å². The van der Waals surface area contributed by atoms with Gasteiger partial charge in [0.1, 0.15) is 4.88 Å². The highest BCUT2D eigenvalue weighted by atomic mass is 32.1. The van der Waals surface area contributed by atoms with Gasteiger partial charge in [0.2, 0.25) is 0 Å². The van der Waals surface area contributed by atoms with Crippen LogP contribution in [0.15, 0.2) is 0 Å². The lowest BCUT2D eigenvalue weighted by Crippen LogP contribution is -2.48. The summed E-state index contributed by atoms with van der Waals surface area (Å²) in [5, 5.41) is 11.3. The average molecular weight is 388 g/mol. The molecule has 0 aliphatic carbocycles. The number of nitrogens with zero attached hydrogens (tertiary/aromatic N) is 3. The van der Waals surface area contributed by atoms with Gasteiger partial charge in [-0.1, -0.05) is 11.3 Å². The number of halogens is 2. The molecular weight excluding hydrogens is 362 g/mol. The average Bonchev–Trinajstić information content (AvgIpc) is 2.78. The predicted octanol–water partition coefficient (Wildman–Crippen LogP) is 2.12. The number of anilines is 1. The van der Waals surface area contributed by atoms with Gasteiger partial charge < -0.3 is 20.6 Å². The number of piperidine rings is 1. The van der Waals surface area contributed by atoms with Crippen LogP contribution in [0.25, 0.3) is 0 Å². The molecule has 0 aromatic carbocycles. The van der Waals surface area contributed by atoms with Crippen molar-refractivity contribution in [1.82, 2.24) is 14.8 Å². The lowest BCUT2D eigenvalue weighted by Gasteiger charge is -2.37. The molecule has 1 amide bonds. The van der Waals surface area contributed by atoms with Crippen LogP contribution in [0.2, 0.25) is 0 Å². The maximum Gasteiger partial charge on any atom is 0.265 e. The number of nitrogen functional groups attached to an aromatic ring is 1. The zero-order valence-corrected chi connectivity index (χ0v) is 15.8. The first-order valence-corrected chi connectivity index (χ1v) is 9.84. The molecule has 146 valence electrons. The molecule has 0 bridgehead atoms. The van der Waals surface area contributed by atoms with Crippen molar-refractivity contribution in [2.24, 2.45) is 0 Å². The number of thiazole rings is 1. The third kappa shape index (κ3) is 4.50. The van der Waals surface area contributed by atoms with Gasteiger partial charge in [0.25, 0.3) is 11.8 Å². The van der Waals surface area contributed by atoms with E-state index in [1.165, 1.54) is 11.3 Å². The fourth-order valence-corrected chi connectivity index (χ4v) is 4.56. The van der Waals surface area contributed by atoms with Gasteiger partial charge in [-0.3, -0.25) is 4.79 Å². The van der Waals surface area contributed by atoms with Crippen LogP contribution in [-0.2, 0) is 0 Å². The minimum atomic E-state index is -2.58. The van der Waals surface area contributed by atoms with Crippen LogP contribution >= 0.6 is 11.3 Å².